The minimum absolute atomic E-state index is 0.144. The van der Waals surface area contributed by atoms with Gasteiger partial charge in [0.25, 0.3) is 5.91 Å². The van der Waals surface area contributed by atoms with Crippen LogP contribution in [0.2, 0.25) is 0 Å². The Morgan fingerprint density at radius 3 is 2.43 bits per heavy atom. The van der Waals surface area contributed by atoms with Gasteiger partial charge in [0, 0.05) is 38.4 Å². The number of pyridine rings is 1. The molecule has 1 aromatic carbocycles. The zero-order valence-electron chi connectivity index (χ0n) is 13.3. The van der Waals surface area contributed by atoms with Crippen molar-refractivity contribution in [3.05, 3.63) is 59.3 Å². The second kappa shape index (κ2) is 6.79. The molecule has 5 heteroatoms. The van der Waals surface area contributed by atoms with Crippen LogP contribution in [-0.2, 0) is 6.54 Å². The normalized spacial score (nSPS) is 15.6. The molecule has 0 spiro atoms. The molecule has 0 saturated carbocycles. The first-order valence-corrected chi connectivity index (χ1v) is 7.85. The molecule has 2 aromatic rings. The van der Waals surface area contributed by atoms with Gasteiger partial charge in [-0.1, -0.05) is 30.3 Å². The molecule has 0 atom stereocenters. The SMILES string of the molecule is Cc1ccc(C(=O)N2CCN(Cc3ccccc3)CC2)c(O)n1. The van der Waals surface area contributed by atoms with Crippen LogP contribution >= 0.6 is 0 Å². The lowest BCUT2D eigenvalue weighted by Gasteiger charge is -2.34. The molecule has 1 saturated heterocycles. The van der Waals surface area contributed by atoms with E-state index in [9.17, 15) is 9.90 Å². The lowest BCUT2D eigenvalue weighted by Crippen LogP contribution is -2.48. The summed E-state index contributed by atoms with van der Waals surface area (Å²) in [4.78, 5) is 20.6. The molecule has 3 rings (SSSR count). The lowest BCUT2D eigenvalue weighted by molar-refractivity contribution is 0.0625. The van der Waals surface area contributed by atoms with Crippen LogP contribution in [0, 0.1) is 6.92 Å². The molecule has 1 aromatic heterocycles. The van der Waals surface area contributed by atoms with E-state index in [-0.39, 0.29) is 17.4 Å². The maximum Gasteiger partial charge on any atom is 0.259 e. The van der Waals surface area contributed by atoms with Crippen LogP contribution < -0.4 is 0 Å². The summed E-state index contributed by atoms with van der Waals surface area (Å²) in [5.41, 5.74) is 2.27. The van der Waals surface area contributed by atoms with Gasteiger partial charge in [-0.15, -0.1) is 0 Å². The highest BCUT2D eigenvalue weighted by atomic mass is 16.3. The van der Waals surface area contributed by atoms with Crippen molar-refractivity contribution >= 4 is 5.91 Å². The lowest BCUT2D eigenvalue weighted by atomic mass is 10.1. The van der Waals surface area contributed by atoms with Gasteiger partial charge in [-0.25, -0.2) is 4.98 Å². The number of rotatable bonds is 3. The maximum absolute atomic E-state index is 12.5. The minimum Gasteiger partial charge on any atom is -0.493 e. The first kappa shape index (κ1) is 15.5. The van der Waals surface area contributed by atoms with E-state index in [1.807, 2.05) is 18.2 Å². The third kappa shape index (κ3) is 3.68. The summed E-state index contributed by atoms with van der Waals surface area (Å²) in [7, 11) is 0. The number of aryl methyl sites for hydroxylation is 1. The number of piperazine rings is 1. The standard InChI is InChI=1S/C18H21N3O2/c1-14-7-8-16(17(22)19-14)18(23)21-11-9-20(10-12-21)13-15-5-3-2-4-6-15/h2-8H,9-13H2,1H3,(H,19,22). The van der Waals surface area contributed by atoms with E-state index in [0.717, 1.165) is 19.6 Å². The number of amides is 1. The first-order valence-electron chi connectivity index (χ1n) is 7.85. The Bertz CT molecular complexity index is 680. The summed E-state index contributed by atoms with van der Waals surface area (Å²) in [6.07, 6.45) is 0. The van der Waals surface area contributed by atoms with Crippen molar-refractivity contribution in [3.8, 4) is 5.88 Å². The fourth-order valence-electron chi connectivity index (χ4n) is 2.83. The first-order chi connectivity index (χ1) is 11.1. The number of aromatic nitrogens is 1. The number of carbonyl (C=O) groups is 1. The summed E-state index contributed by atoms with van der Waals surface area (Å²) in [6, 6.07) is 13.7. The van der Waals surface area contributed by atoms with Gasteiger partial charge in [-0.05, 0) is 24.6 Å². The van der Waals surface area contributed by atoms with E-state index in [1.54, 1.807) is 24.0 Å². The van der Waals surface area contributed by atoms with Crippen molar-refractivity contribution in [2.24, 2.45) is 0 Å². The Balaban J connectivity index is 1.59. The van der Waals surface area contributed by atoms with Crippen molar-refractivity contribution in [1.29, 1.82) is 0 Å². The fraction of sp³-hybridized carbons (Fsp3) is 0.333. The maximum atomic E-state index is 12.5. The van der Waals surface area contributed by atoms with Gasteiger partial charge in [0.15, 0.2) is 0 Å². The van der Waals surface area contributed by atoms with E-state index in [4.69, 9.17) is 0 Å². The van der Waals surface area contributed by atoms with Gasteiger partial charge < -0.3 is 10.0 Å². The molecule has 1 amide bonds. The molecule has 0 unspecified atom stereocenters. The molecule has 0 bridgehead atoms. The molecular weight excluding hydrogens is 290 g/mol. The van der Waals surface area contributed by atoms with Crippen LogP contribution in [0.25, 0.3) is 0 Å². The number of nitrogens with zero attached hydrogens (tertiary/aromatic N) is 3. The number of aromatic hydroxyl groups is 1. The molecule has 120 valence electrons. The predicted octanol–water partition coefficient (Wildman–Crippen LogP) is 2.05. The fourth-order valence-corrected chi connectivity index (χ4v) is 2.83. The van der Waals surface area contributed by atoms with Crippen LogP contribution in [0.3, 0.4) is 0 Å². The zero-order valence-corrected chi connectivity index (χ0v) is 13.3. The summed E-state index contributed by atoms with van der Waals surface area (Å²) in [6.45, 7) is 5.69. The van der Waals surface area contributed by atoms with Gasteiger partial charge in [-0.2, -0.15) is 0 Å². The largest absolute Gasteiger partial charge is 0.493 e. The molecule has 23 heavy (non-hydrogen) atoms. The van der Waals surface area contributed by atoms with Gasteiger partial charge in [-0.3, -0.25) is 9.69 Å². The van der Waals surface area contributed by atoms with Crippen molar-refractivity contribution in [2.45, 2.75) is 13.5 Å². The number of benzene rings is 1. The molecule has 5 nitrogen and oxygen atoms in total. The third-order valence-electron chi connectivity index (χ3n) is 4.15. The Morgan fingerprint density at radius 2 is 1.78 bits per heavy atom. The van der Waals surface area contributed by atoms with Crippen LogP contribution in [0.4, 0.5) is 0 Å². The van der Waals surface area contributed by atoms with E-state index in [0.29, 0.717) is 18.8 Å². The predicted molar refractivity (Wildman–Crippen MR) is 88.3 cm³/mol. The minimum atomic E-state index is -0.179. The van der Waals surface area contributed by atoms with E-state index < -0.39 is 0 Å². The summed E-state index contributed by atoms with van der Waals surface area (Å²) < 4.78 is 0. The van der Waals surface area contributed by atoms with Crippen LogP contribution in [-0.4, -0.2) is 52.0 Å². The number of hydrogen-bond acceptors (Lipinski definition) is 4. The highest BCUT2D eigenvalue weighted by molar-refractivity contribution is 5.96. The molecule has 1 fully saturated rings. The molecule has 0 radical (unpaired) electrons. The second-order valence-corrected chi connectivity index (χ2v) is 5.88. The van der Waals surface area contributed by atoms with Gasteiger partial charge in [0.1, 0.15) is 5.56 Å². The molecule has 0 aliphatic carbocycles. The molecule has 1 aliphatic heterocycles. The average Bonchev–Trinajstić information content (AvgIpc) is 2.56. The highest BCUT2D eigenvalue weighted by Gasteiger charge is 2.24. The van der Waals surface area contributed by atoms with Crippen molar-refractivity contribution in [3.63, 3.8) is 0 Å². The molecule has 1 N–H and O–H groups in total. The van der Waals surface area contributed by atoms with Gasteiger partial charge in [0.05, 0.1) is 0 Å². The smallest absolute Gasteiger partial charge is 0.259 e. The van der Waals surface area contributed by atoms with Crippen molar-refractivity contribution < 1.29 is 9.90 Å². The second-order valence-electron chi connectivity index (χ2n) is 5.88. The Morgan fingerprint density at radius 1 is 1.09 bits per heavy atom. The molecule has 1 aliphatic rings. The summed E-state index contributed by atoms with van der Waals surface area (Å²) >= 11 is 0. The van der Waals surface area contributed by atoms with Crippen molar-refractivity contribution in [2.75, 3.05) is 26.2 Å². The third-order valence-corrected chi connectivity index (χ3v) is 4.15. The average molecular weight is 311 g/mol. The zero-order chi connectivity index (χ0) is 16.2. The van der Waals surface area contributed by atoms with E-state index in [1.165, 1.54) is 5.56 Å². The highest BCUT2D eigenvalue weighted by Crippen LogP contribution is 2.18. The molecule has 2 heterocycles. The van der Waals surface area contributed by atoms with Crippen LogP contribution in [0.5, 0.6) is 5.88 Å². The van der Waals surface area contributed by atoms with Crippen LogP contribution in [0.1, 0.15) is 21.6 Å². The summed E-state index contributed by atoms with van der Waals surface area (Å²) in [5.74, 6) is -0.323. The quantitative estimate of drug-likeness (QED) is 0.942. The topological polar surface area (TPSA) is 56.7 Å². The van der Waals surface area contributed by atoms with Gasteiger partial charge >= 0.3 is 0 Å². The monoisotopic (exact) mass is 311 g/mol. The Labute approximate surface area is 136 Å². The number of carbonyl (C=O) groups excluding carboxylic acids is 1. The summed E-state index contributed by atoms with van der Waals surface area (Å²) in [5, 5.41) is 9.87. The van der Waals surface area contributed by atoms with Crippen LogP contribution in [0.15, 0.2) is 42.5 Å². The molecular formula is C18H21N3O2. The number of hydrogen-bond donors (Lipinski definition) is 1. The van der Waals surface area contributed by atoms with E-state index in [2.05, 4.69) is 22.0 Å². The van der Waals surface area contributed by atoms with Gasteiger partial charge in [0.2, 0.25) is 5.88 Å². The van der Waals surface area contributed by atoms with Crippen molar-refractivity contribution in [1.82, 2.24) is 14.8 Å². The van der Waals surface area contributed by atoms with E-state index >= 15 is 0 Å². The Hall–Kier alpha value is -2.40. The Kier molecular flexibility index (Phi) is 4.57.